The minimum Gasteiger partial charge on any atom is -0.356 e. The average Bonchev–Trinajstić information content (AvgIpc) is 2.88. The molecule has 0 fully saturated rings. The number of fused-ring (bicyclic) bond motifs is 3. The lowest BCUT2D eigenvalue weighted by Gasteiger charge is -2.17. The number of aryl methyl sites for hydroxylation is 1. The molecule has 130 valence electrons. The van der Waals surface area contributed by atoms with E-state index in [2.05, 4.69) is 12.2 Å². The summed E-state index contributed by atoms with van der Waals surface area (Å²) in [7, 11) is 0. The largest absolute Gasteiger partial charge is 0.356 e. The van der Waals surface area contributed by atoms with Crippen molar-refractivity contribution in [1.29, 1.82) is 0 Å². The van der Waals surface area contributed by atoms with Gasteiger partial charge in [-0.05, 0) is 37.7 Å². The van der Waals surface area contributed by atoms with Crippen LogP contribution in [0.15, 0.2) is 9.95 Å². The highest BCUT2D eigenvalue weighted by molar-refractivity contribution is 7.99. The fourth-order valence-electron chi connectivity index (χ4n) is 3.16. The Balaban J connectivity index is 1.96. The lowest BCUT2D eigenvalue weighted by molar-refractivity contribution is -0.118. The Hall–Kier alpha value is -1.34. The number of aromatic nitrogens is 2. The van der Waals surface area contributed by atoms with Crippen LogP contribution in [-0.2, 0) is 24.2 Å². The smallest absolute Gasteiger partial charge is 0.263 e. The van der Waals surface area contributed by atoms with Crippen molar-refractivity contribution in [2.75, 3.05) is 12.3 Å². The van der Waals surface area contributed by atoms with Crippen LogP contribution in [0.5, 0.6) is 0 Å². The van der Waals surface area contributed by atoms with Gasteiger partial charge >= 0.3 is 0 Å². The monoisotopic (exact) mass is 365 g/mol. The molecule has 0 bridgehead atoms. The molecule has 7 heteroatoms. The molecule has 1 aliphatic carbocycles. The lowest BCUT2D eigenvalue weighted by Crippen LogP contribution is -2.25. The molecule has 0 radical (unpaired) electrons. The standard InChI is InChI=1S/C17H23N3O2S2/c1-4-20-16(22)14-12-6-5-10(2)9-13(12)24-15(14)19-17(20)23-8-7-18-11(3)21/h10H,4-9H2,1-3H3,(H,18,21)/t10-/m0/s1. The van der Waals surface area contributed by atoms with Gasteiger partial charge in [0, 0.05) is 30.6 Å². The maximum Gasteiger partial charge on any atom is 0.263 e. The number of nitrogens with one attached hydrogen (secondary N) is 1. The normalized spacial score (nSPS) is 17.0. The summed E-state index contributed by atoms with van der Waals surface area (Å²) in [5, 5.41) is 4.38. The number of nitrogens with zero attached hydrogens (tertiary/aromatic N) is 2. The summed E-state index contributed by atoms with van der Waals surface area (Å²) in [4.78, 5) is 30.9. The zero-order valence-electron chi connectivity index (χ0n) is 14.3. The second kappa shape index (κ2) is 7.27. The second-order valence-electron chi connectivity index (χ2n) is 6.31. The quantitative estimate of drug-likeness (QED) is 0.503. The minimum absolute atomic E-state index is 0.0352. The first-order chi connectivity index (χ1) is 11.5. The molecule has 2 aromatic rings. The minimum atomic E-state index is -0.0352. The van der Waals surface area contributed by atoms with E-state index in [0.717, 1.165) is 34.6 Å². The predicted octanol–water partition coefficient (Wildman–Crippen LogP) is 2.83. The van der Waals surface area contributed by atoms with Crippen molar-refractivity contribution in [3.05, 3.63) is 20.8 Å². The molecule has 5 nitrogen and oxygen atoms in total. The first-order valence-electron chi connectivity index (χ1n) is 8.43. The molecule has 1 N–H and O–H groups in total. The number of hydrogen-bond acceptors (Lipinski definition) is 5. The molecule has 0 unspecified atom stereocenters. The summed E-state index contributed by atoms with van der Waals surface area (Å²) in [6.45, 7) is 6.96. The Morgan fingerprint density at radius 3 is 3.00 bits per heavy atom. The SMILES string of the molecule is CCn1c(SCCNC(C)=O)nc2sc3c(c2c1=O)CC[C@H](C)C3. The van der Waals surface area contributed by atoms with Crippen molar-refractivity contribution in [3.63, 3.8) is 0 Å². The average molecular weight is 366 g/mol. The van der Waals surface area contributed by atoms with Crippen molar-refractivity contribution in [3.8, 4) is 0 Å². The van der Waals surface area contributed by atoms with Crippen LogP contribution in [0, 0.1) is 5.92 Å². The molecule has 2 aromatic heterocycles. The number of carbonyl (C=O) groups is 1. The van der Waals surface area contributed by atoms with E-state index in [1.54, 1.807) is 15.9 Å². The summed E-state index contributed by atoms with van der Waals surface area (Å²) in [6.07, 6.45) is 3.21. The van der Waals surface area contributed by atoms with Gasteiger partial charge in [0.15, 0.2) is 5.16 Å². The molecule has 2 heterocycles. The van der Waals surface area contributed by atoms with E-state index < -0.39 is 0 Å². The highest BCUT2D eigenvalue weighted by Crippen LogP contribution is 2.36. The van der Waals surface area contributed by atoms with E-state index in [9.17, 15) is 9.59 Å². The molecule has 1 aliphatic rings. The maximum atomic E-state index is 13.0. The van der Waals surface area contributed by atoms with Gasteiger partial charge in [-0.15, -0.1) is 11.3 Å². The number of hydrogen-bond donors (Lipinski definition) is 1. The zero-order chi connectivity index (χ0) is 17.3. The molecule has 0 saturated carbocycles. The fraction of sp³-hybridized carbons (Fsp3) is 0.588. The van der Waals surface area contributed by atoms with Gasteiger partial charge in [0.1, 0.15) is 4.83 Å². The number of thioether (sulfide) groups is 1. The highest BCUT2D eigenvalue weighted by Gasteiger charge is 2.24. The van der Waals surface area contributed by atoms with Gasteiger partial charge in [-0.2, -0.15) is 0 Å². The summed E-state index contributed by atoms with van der Waals surface area (Å²) >= 11 is 3.22. The molecule has 0 aromatic carbocycles. The van der Waals surface area contributed by atoms with Crippen LogP contribution < -0.4 is 10.9 Å². The maximum absolute atomic E-state index is 13.0. The molecule has 3 rings (SSSR count). The molecule has 0 saturated heterocycles. The van der Waals surface area contributed by atoms with Crippen LogP contribution >= 0.6 is 23.1 Å². The van der Waals surface area contributed by atoms with Crippen molar-refractivity contribution in [2.45, 2.75) is 51.7 Å². The molecule has 24 heavy (non-hydrogen) atoms. The third-order valence-corrected chi connectivity index (χ3v) is 6.53. The van der Waals surface area contributed by atoms with Crippen LogP contribution in [-0.4, -0.2) is 27.8 Å². The van der Waals surface area contributed by atoms with Crippen LogP contribution in [0.3, 0.4) is 0 Å². The zero-order valence-corrected chi connectivity index (χ0v) is 16.0. The number of carbonyl (C=O) groups excluding carboxylic acids is 1. The Kier molecular flexibility index (Phi) is 5.30. The highest BCUT2D eigenvalue weighted by atomic mass is 32.2. The van der Waals surface area contributed by atoms with E-state index in [1.165, 1.54) is 29.1 Å². The van der Waals surface area contributed by atoms with Gasteiger partial charge in [-0.25, -0.2) is 4.98 Å². The molecule has 1 atom stereocenters. The summed E-state index contributed by atoms with van der Waals surface area (Å²) in [5.74, 6) is 1.36. The van der Waals surface area contributed by atoms with Crippen LogP contribution in [0.1, 0.15) is 37.6 Å². The van der Waals surface area contributed by atoms with Crippen LogP contribution in [0.4, 0.5) is 0 Å². The lowest BCUT2D eigenvalue weighted by atomic mass is 9.89. The van der Waals surface area contributed by atoms with E-state index in [0.29, 0.717) is 24.8 Å². The fourth-order valence-corrected chi connectivity index (χ4v) is 5.50. The topological polar surface area (TPSA) is 64.0 Å². The summed E-state index contributed by atoms with van der Waals surface area (Å²) in [6, 6.07) is 0. The Morgan fingerprint density at radius 2 is 2.29 bits per heavy atom. The third-order valence-electron chi connectivity index (χ3n) is 4.40. The van der Waals surface area contributed by atoms with E-state index in [1.807, 2.05) is 6.92 Å². The van der Waals surface area contributed by atoms with Crippen LogP contribution in [0.25, 0.3) is 10.2 Å². The van der Waals surface area contributed by atoms with Crippen molar-refractivity contribution in [1.82, 2.24) is 14.9 Å². The van der Waals surface area contributed by atoms with Crippen molar-refractivity contribution >= 4 is 39.2 Å². The first-order valence-corrected chi connectivity index (χ1v) is 10.2. The van der Waals surface area contributed by atoms with E-state index >= 15 is 0 Å². The molecular weight excluding hydrogens is 342 g/mol. The van der Waals surface area contributed by atoms with Crippen molar-refractivity contribution in [2.24, 2.45) is 5.92 Å². The second-order valence-corrected chi connectivity index (χ2v) is 8.45. The van der Waals surface area contributed by atoms with Gasteiger partial charge in [-0.3, -0.25) is 14.2 Å². The van der Waals surface area contributed by atoms with Gasteiger partial charge in [0.2, 0.25) is 5.91 Å². The number of thiophene rings is 1. The van der Waals surface area contributed by atoms with Gasteiger partial charge in [-0.1, -0.05) is 18.7 Å². The molecule has 1 amide bonds. The molecule has 0 spiro atoms. The number of amides is 1. The Bertz CT molecular complexity index is 825. The summed E-state index contributed by atoms with van der Waals surface area (Å²) < 4.78 is 1.77. The number of rotatable bonds is 5. The Morgan fingerprint density at radius 1 is 1.50 bits per heavy atom. The first kappa shape index (κ1) is 17.5. The van der Waals surface area contributed by atoms with Gasteiger partial charge < -0.3 is 5.32 Å². The van der Waals surface area contributed by atoms with E-state index in [4.69, 9.17) is 4.98 Å². The molecular formula is C17H23N3O2S2. The van der Waals surface area contributed by atoms with Crippen molar-refractivity contribution < 1.29 is 4.79 Å². The van der Waals surface area contributed by atoms with E-state index in [-0.39, 0.29) is 11.5 Å². The van der Waals surface area contributed by atoms with Gasteiger partial charge in [0.25, 0.3) is 5.56 Å². The summed E-state index contributed by atoms with van der Waals surface area (Å²) in [5.41, 5.74) is 1.33. The van der Waals surface area contributed by atoms with Gasteiger partial charge in [0.05, 0.1) is 5.39 Å². The van der Waals surface area contributed by atoms with Crippen LogP contribution in [0.2, 0.25) is 0 Å². The predicted molar refractivity (Wildman–Crippen MR) is 100 cm³/mol. The molecule has 0 aliphatic heterocycles. The third kappa shape index (κ3) is 3.37. The Labute approximate surface area is 149 Å².